The maximum atomic E-state index is 13.2. The lowest BCUT2D eigenvalue weighted by atomic mass is 9.84. The van der Waals surface area contributed by atoms with Crippen molar-refractivity contribution in [3.8, 4) is 12.3 Å². The second-order valence-corrected chi connectivity index (χ2v) is 3.61. The fraction of sp³-hybridized carbons (Fsp3) is 0.273. The van der Waals surface area contributed by atoms with Gasteiger partial charge in [-0.05, 0) is 13.8 Å². The standard InChI is InChI=1S/C11H8F4/c1-4-11(2,3)8-9(14)6(12)5-7(13)10(8)15/h1,5H,2-3H3. The van der Waals surface area contributed by atoms with Crippen molar-refractivity contribution < 1.29 is 17.6 Å². The Balaban J connectivity index is 3.62. The van der Waals surface area contributed by atoms with Gasteiger partial charge in [0.1, 0.15) is 0 Å². The zero-order chi connectivity index (χ0) is 11.8. The summed E-state index contributed by atoms with van der Waals surface area (Å²) in [7, 11) is 0. The second-order valence-electron chi connectivity index (χ2n) is 3.61. The maximum absolute atomic E-state index is 13.2. The van der Waals surface area contributed by atoms with Crippen molar-refractivity contribution in [1.29, 1.82) is 0 Å². The number of hydrogen-bond acceptors (Lipinski definition) is 0. The molecular weight excluding hydrogens is 208 g/mol. The van der Waals surface area contributed by atoms with Gasteiger partial charge in [-0.25, -0.2) is 17.6 Å². The molecule has 0 aliphatic heterocycles. The molecule has 4 heteroatoms. The van der Waals surface area contributed by atoms with Gasteiger partial charge in [0, 0.05) is 11.6 Å². The van der Waals surface area contributed by atoms with Gasteiger partial charge >= 0.3 is 0 Å². The third-order valence-corrected chi connectivity index (χ3v) is 2.10. The molecule has 0 radical (unpaired) electrons. The van der Waals surface area contributed by atoms with Gasteiger partial charge < -0.3 is 0 Å². The number of hydrogen-bond donors (Lipinski definition) is 0. The molecule has 0 spiro atoms. The molecule has 0 bridgehead atoms. The lowest BCUT2D eigenvalue weighted by Gasteiger charge is -2.19. The van der Waals surface area contributed by atoms with Crippen LogP contribution in [0.1, 0.15) is 19.4 Å². The van der Waals surface area contributed by atoms with Crippen molar-refractivity contribution in [2.45, 2.75) is 19.3 Å². The molecule has 0 aliphatic rings. The molecule has 0 heterocycles. The molecule has 0 fully saturated rings. The van der Waals surface area contributed by atoms with Crippen LogP contribution in [0.3, 0.4) is 0 Å². The summed E-state index contributed by atoms with van der Waals surface area (Å²) in [4.78, 5) is 0. The van der Waals surface area contributed by atoms with E-state index in [1.165, 1.54) is 13.8 Å². The highest BCUT2D eigenvalue weighted by Crippen LogP contribution is 2.30. The highest BCUT2D eigenvalue weighted by atomic mass is 19.2. The summed E-state index contributed by atoms with van der Waals surface area (Å²) < 4.78 is 52.2. The average Bonchev–Trinajstić information content (AvgIpc) is 2.15. The predicted octanol–water partition coefficient (Wildman–Crippen LogP) is 3.15. The zero-order valence-corrected chi connectivity index (χ0v) is 8.17. The van der Waals surface area contributed by atoms with Gasteiger partial charge in [0.25, 0.3) is 0 Å². The van der Waals surface area contributed by atoms with Gasteiger partial charge in [-0.2, -0.15) is 0 Å². The normalized spacial score (nSPS) is 11.3. The second kappa shape index (κ2) is 3.58. The summed E-state index contributed by atoms with van der Waals surface area (Å²) in [6.07, 6.45) is 5.05. The Hall–Kier alpha value is -1.50. The fourth-order valence-electron chi connectivity index (χ4n) is 1.19. The van der Waals surface area contributed by atoms with Crippen LogP contribution in [0.4, 0.5) is 17.6 Å². The predicted molar refractivity (Wildman–Crippen MR) is 48.1 cm³/mol. The molecule has 15 heavy (non-hydrogen) atoms. The number of halogens is 4. The van der Waals surface area contributed by atoms with E-state index < -0.39 is 34.2 Å². The van der Waals surface area contributed by atoms with E-state index in [1.807, 2.05) is 0 Å². The van der Waals surface area contributed by atoms with E-state index >= 15 is 0 Å². The lowest BCUT2D eigenvalue weighted by molar-refractivity contribution is 0.419. The molecule has 0 saturated heterocycles. The molecule has 0 saturated carbocycles. The molecule has 1 aromatic carbocycles. The van der Waals surface area contributed by atoms with E-state index in [-0.39, 0.29) is 6.07 Å². The maximum Gasteiger partial charge on any atom is 0.166 e. The van der Waals surface area contributed by atoms with Gasteiger partial charge in [-0.1, -0.05) is 5.92 Å². The average molecular weight is 216 g/mol. The summed E-state index contributed by atoms with van der Waals surface area (Å²) in [6.45, 7) is 2.60. The first-order valence-corrected chi connectivity index (χ1v) is 4.12. The molecule has 0 amide bonds. The van der Waals surface area contributed by atoms with Crippen LogP contribution in [0.15, 0.2) is 6.07 Å². The van der Waals surface area contributed by atoms with Gasteiger partial charge in [0.05, 0.1) is 5.41 Å². The molecule has 1 aromatic rings. The minimum atomic E-state index is -1.45. The number of rotatable bonds is 1. The van der Waals surface area contributed by atoms with Gasteiger partial charge in [0.15, 0.2) is 23.3 Å². The Morgan fingerprint density at radius 1 is 1.07 bits per heavy atom. The summed E-state index contributed by atoms with van der Waals surface area (Å²) in [5.41, 5.74) is -2.17. The third-order valence-electron chi connectivity index (χ3n) is 2.10. The quantitative estimate of drug-likeness (QED) is 0.384. The van der Waals surface area contributed by atoms with Crippen LogP contribution in [0.5, 0.6) is 0 Å². The minimum Gasteiger partial charge on any atom is -0.204 e. The smallest absolute Gasteiger partial charge is 0.166 e. The minimum absolute atomic E-state index is 0.154. The first-order chi connectivity index (χ1) is 6.81. The Labute approximate surface area is 84.9 Å². The third kappa shape index (κ3) is 1.82. The number of terminal acetylenes is 1. The van der Waals surface area contributed by atoms with E-state index in [0.29, 0.717) is 0 Å². The highest BCUT2D eigenvalue weighted by Gasteiger charge is 2.30. The van der Waals surface area contributed by atoms with Crippen molar-refractivity contribution in [2.24, 2.45) is 0 Å². The zero-order valence-electron chi connectivity index (χ0n) is 8.17. The summed E-state index contributed by atoms with van der Waals surface area (Å²) in [6, 6.07) is 0.154. The topological polar surface area (TPSA) is 0 Å². The van der Waals surface area contributed by atoms with Gasteiger partial charge in [-0.3, -0.25) is 0 Å². The molecule has 0 unspecified atom stereocenters. The van der Waals surface area contributed by atoms with E-state index in [2.05, 4.69) is 5.92 Å². The van der Waals surface area contributed by atoms with Crippen molar-refractivity contribution in [2.75, 3.05) is 0 Å². The fourth-order valence-corrected chi connectivity index (χ4v) is 1.19. The Morgan fingerprint density at radius 2 is 1.47 bits per heavy atom. The molecule has 0 aromatic heterocycles. The van der Waals surface area contributed by atoms with Crippen LogP contribution in [-0.2, 0) is 5.41 Å². The number of benzene rings is 1. The molecular formula is C11H8F4. The van der Waals surface area contributed by atoms with Crippen LogP contribution in [0.25, 0.3) is 0 Å². The molecule has 0 aliphatic carbocycles. The molecule has 80 valence electrons. The van der Waals surface area contributed by atoms with Crippen LogP contribution < -0.4 is 0 Å². The van der Waals surface area contributed by atoms with E-state index in [1.54, 1.807) is 0 Å². The Kier molecular flexibility index (Phi) is 2.76. The van der Waals surface area contributed by atoms with Crippen molar-refractivity contribution >= 4 is 0 Å². The molecule has 0 N–H and O–H groups in total. The lowest BCUT2D eigenvalue weighted by Crippen LogP contribution is -2.20. The Bertz CT molecular complexity index is 415. The molecule has 0 atom stereocenters. The van der Waals surface area contributed by atoms with Crippen LogP contribution in [-0.4, -0.2) is 0 Å². The summed E-state index contributed by atoms with van der Waals surface area (Å²) in [5.74, 6) is -3.72. The SMILES string of the molecule is C#CC(C)(C)c1c(F)c(F)cc(F)c1F. The van der Waals surface area contributed by atoms with Crippen LogP contribution >= 0.6 is 0 Å². The van der Waals surface area contributed by atoms with Crippen molar-refractivity contribution in [1.82, 2.24) is 0 Å². The van der Waals surface area contributed by atoms with E-state index in [4.69, 9.17) is 6.42 Å². The van der Waals surface area contributed by atoms with Crippen LogP contribution in [0.2, 0.25) is 0 Å². The van der Waals surface area contributed by atoms with Gasteiger partial charge in [0.2, 0.25) is 0 Å². The van der Waals surface area contributed by atoms with Gasteiger partial charge in [-0.15, -0.1) is 6.42 Å². The largest absolute Gasteiger partial charge is 0.204 e. The first-order valence-electron chi connectivity index (χ1n) is 4.12. The van der Waals surface area contributed by atoms with Crippen LogP contribution in [0, 0.1) is 35.6 Å². The highest BCUT2D eigenvalue weighted by molar-refractivity contribution is 5.35. The monoisotopic (exact) mass is 216 g/mol. The molecule has 0 nitrogen and oxygen atoms in total. The van der Waals surface area contributed by atoms with E-state index in [9.17, 15) is 17.6 Å². The van der Waals surface area contributed by atoms with E-state index in [0.717, 1.165) is 0 Å². The van der Waals surface area contributed by atoms with Crippen molar-refractivity contribution in [3.05, 3.63) is 34.9 Å². The first kappa shape index (κ1) is 11.6. The summed E-state index contributed by atoms with van der Waals surface area (Å²) in [5, 5.41) is 0. The summed E-state index contributed by atoms with van der Waals surface area (Å²) >= 11 is 0. The molecule has 1 rings (SSSR count). The Morgan fingerprint density at radius 3 is 1.80 bits per heavy atom. The van der Waals surface area contributed by atoms with Crippen molar-refractivity contribution in [3.63, 3.8) is 0 Å².